The number of benzene rings is 2. The first-order chi connectivity index (χ1) is 16.2. The Morgan fingerprint density at radius 2 is 1.76 bits per heavy atom. The fourth-order valence-electron chi connectivity index (χ4n) is 5.30. The predicted molar refractivity (Wildman–Crippen MR) is 129 cm³/mol. The molecule has 0 radical (unpaired) electrons. The SMILES string of the molecule is O=C(c1ncn(C2CCCCC2O)c1-c1ccccc1)N1CCNC[C@H]1Cc1ccccc1. The molecule has 1 saturated heterocycles. The number of piperazine rings is 1. The van der Waals surface area contributed by atoms with Crippen LogP contribution in [0.25, 0.3) is 11.3 Å². The van der Waals surface area contributed by atoms with Crippen molar-refractivity contribution in [1.29, 1.82) is 0 Å². The van der Waals surface area contributed by atoms with Gasteiger partial charge in [-0.3, -0.25) is 4.79 Å². The molecular formula is C27H32N4O2. The highest BCUT2D eigenvalue weighted by Gasteiger charge is 2.34. The third-order valence-electron chi connectivity index (χ3n) is 7.02. The summed E-state index contributed by atoms with van der Waals surface area (Å²) < 4.78 is 2.06. The Morgan fingerprint density at radius 1 is 1.03 bits per heavy atom. The Hall–Kier alpha value is -2.96. The summed E-state index contributed by atoms with van der Waals surface area (Å²) in [7, 11) is 0. The second-order valence-corrected chi connectivity index (χ2v) is 9.18. The Labute approximate surface area is 195 Å². The van der Waals surface area contributed by atoms with Gasteiger partial charge in [0.2, 0.25) is 0 Å². The zero-order chi connectivity index (χ0) is 22.6. The minimum absolute atomic E-state index is 0.0275. The van der Waals surface area contributed by atoms with E-state index in [0.29, 0.717) is 12.2 Å². The van der Waals surface area contributed by atoms with Gasteiger partial charge < -0.3 is 19.9 Å². The van der Waals surface area contributed by atoms with Crippen molar-refractivity contribution in [3.8, 4) is 11.3 Å². The van der Waals surface area contributed by atoms with Crippen LogP contribution < -0.4 is 5.32 Å². The van der Waals surface area contributed by atoms with Crippen LogP contribution in [0.1, 0.15) is 47.8 Å². The maximum absolute atomic E-state index is 13.9. The number of carbonyl (C=O) groups is 1. The lowest BCUT2D eigenvalue weighted by Crippen LogP contribution is -2.54. The molecule has 3 aromatic rings. The van der Waals surface area contributed by atoms with Crippen LogP contribution in [-0.4, -0.2) is 57.2 Å². The molecule has 5 rings (SSSR count). The van der Waals surface area contributed by atoms with Crippen LogP contribution in [0, 0.1) is 0 Å². The molecule has 2 fully saturated rings. The quantitative estimate of drug-likeness (QED) is 0.630. The first-order valence-corrected chi connectivity index (χ1v) is 12.1. The summed E-state index contributed by atoms with van der Waals surface area (Å²) in [5, 5.41) is 14.2. The van der Waals surface area contributed by atoms with E-state index in [2.05, 4.69) is 27.0 Å². The molecular weight excluding hydrogens is 412 g/mol. The van der Waals surface area contributed by atoms with Crippen molar-refractivity contribution in [2.24, 2.45) is 0 Å². The largest absolute Gasteiger partial charge is 0.391 e. The second kappa shape index (κ2) is 9.89. The fraction of sp³-hybridized carbons (Fsp3) is 0.407. The number of imidazole rings is 1. The molecule has 0 bridgehead atoms. The van der Waals surface area contributed by atoms with E-state index in [1.54, 1.807) is 6.33 Å². The molecule has 1 amide bonds. The summed E-state index contributed by atoms with van der Waals surface area (Å²) in [6.07, 6.45) is 5.97. The number of nitrogens with one attached hydrogen (secondary N) is 1. The van der Waals surface area contributed by atoms with E-state index in [0.717, 1.165) is 56.5 Å². The second-order valence-electron chi connectivity index (χ2n) is 9.18. The Balaban J connectivity index is 1.50. The molecule has 2 unspecified atom stereocenters. The van der Waals surface area contributed by atoms with Crippen molar-refractivity contribution in [3.63, 3.8) is 0 Å². The molecule has 2 heterocycles. The third kappa shape index (κ3) is 4.59. The lowest BCUT2D eigenvalue weighted by atomic mass is 9.92. The number of nitrogens with zero attached hydrogens (tertiary/aromatic N) is 3. The molecule has 172 valence electrons. The van der Waals surface area contributed by atoms with E-state index in [1.807, 2.05) is 53.4 Å². The van der Waals surface area contributed by atoms with Gasteiger partial charge in [-0.25, -0.2) is 4.98 Å². The lowest BCUT2D eigenvalue weighted by Gasteiger charge is -2.36. The fourth-order valence-corrected chi connectivity index (χ4v) is 5.30. The normalized spacial score (nSPS) is 23.4. The van der Waals surface area contributed by atoms with Crippen molar-refractivity contribution < 1.29 is 9.90 Å². The van der Waals surface area contributed by atoms with Crippen LogP contribution in [0.3, 0.4) is 0 Å². The third-order valence-corrected chi connectivity index (χ3v) is 7.02. The molecule has 1 aliphatic carbocycles. The van der Waals surface area contributed by atoms with E-state index >= 15 is 0 Å². The van der Waals surface area contributed by atoms with Gasteiger partial charge in [0, 0.05) is 31.2 Å². The molecule has 1 aromatic heterocycles. The van der Waals surface area contributed by atoms with Crippen molar-refractivity contribution >= 4 is 5.91 Å². The molecule has 3 atom stereocenters. The first kappa shape index (κ1) is 21.9. The van der Waals surface area contributed by atoms with Crippen LogP contribution in [0.15, 0.2) is 67.0 Å². The van der Waals surface area contributed by atoms with Gasteiger partial charge in [0.05, 0.1) is 24.2 Å². The molecule has 2 aliphatic rings. The smallest absolute Gasteiger partial charge is 0.275 e. The maximum Gasteiger partial charge on any atom is 0.275 e. The summed E-state index contributed by atoms with van der Waals surface area (Å²) in [5.41, 5.74) is 3.50. The van der Waals surface area contributed by atoms with E-state index < -0.39 is 6.10 Å². The van der Waals surface area contributed by atoms with Crippen LogP contribution >= 0.6 is 0 Å². The maximum atomic E-state index is 13.9. The van der Waals surface area contributed by atoms with Gasteiger partial charge in [0.25, 0.3) is 5.91 Å². The number of hydrogen-bond acceptors (Lipinski definition) is 4. The monoisotopic (exact) mass is 444 g/mol. The topological polar surface area (TPSA) is 70.4 Å². The van der Waals surface area contributed by atoms with E-state index in [-0.39, 0.29) is 18.0 Å². The highest BCUT2D eigenvalue weighted by atomic mass is 16.3. The summed E-state index contributed by atoms with van der Waals surface area (Å²) in [4.78, 5) is 20.6. The molecule has 33 heavy (non-hydrogen) atoms. The number of aromatic nitrogens is 2. The zero-order valence-electron chi connectivity index (χ0n) is 18.9. The number of carbonyl (C=O) groups excluding carboxylic acids is 1. The van der Waals surface area contributed by atoms with Crippen molar-refractivity contribution in [1.82, 2.24) is 19.8 Å². The Bertz CT molecular complexity index is 1070. The van der Waals surface area contributed by atoms with Crippen molar-refractivity contribution in [2.75, 3.05) is 19.6 Å². The summed E-state index contributed by atoms with van der Waals surface area (Å²) in [5.74, 6) is -0.0275. The van der Waals surface area contributed by atoms with Crippen LogP contribution in [0.5, 0.6) is 0 Å². The summed E-state index contributed by atoms with van der Waals surface area (Å²) >= 11 is 0. The number of aliphatic hydroxyl groups excluding tert-OH is 1. The molecule has 1 saturated carbocycles. The molecule has 6 nitrogen and oxygen atoms in total. The van der Waals surface area contributed by atoms with Crippen LogP contribution in [0.4, 0.5) is 0 Å². The molecule has 2 aromatic carbocycles. The zero-order valence-corrected chi connectivity index (χ0v) is 18.9. The van der Waals surface area contributed by atoms with E-state index in [4.69, 9.17) is 0 Å². The summed E-state index contributed by atoms with van der Waals surface area (Å²) in [6, 6.07) is 20.4. The van der Waals surface area contributed by atoms with E-state index in [1.165, 1.54) is 5.56 Å². The van der Waals surface area contributed by atoms with E-state index in [9.17, 15) is 9.90 Å². The van der Waals surface area contributed by atoms with Gasteiger partial charge >= 0.3 is 0 Å². The van der Waals surface area contributed by atoms with Crippen molar-refractivity contribution in [2.45, 2.75) is 50.3 Å². The Morgan fingerprint density at radius 3 is 2.52 bits per heavy atom. The standard InChI is InChI=1S/C27H32N4O2/c32-24-14-8-7-13-23(24)31-19-29-25(26(31)21-11-5-2-6-12-21)27(33)30-16-15-28-18-22(30)17-20-9-3-1-4-10-20/h1-6,9-12,19,22-24,28,32H,7-8,13-18H2/t22-,23?,24?/m1/s1. The van der Waals surface area contributed by atoms with Crippen LogP contribution in [-0.2, 0) is 6.42 Å². The first-order valence-electron chi connectivity index (χ1n) is 12.1. The molecule has 0 spiro atoms. The van der Waals surface area contributed by atoms with Gasteiger partial charge in [0.1, 0.15) is 0 Å². The Kier molecular flexibility index (Phi) is 6.55. The van der Waals surface area contributed by atoms with Crippen molar-refractivity contribution in [3.05, 3.63) is 78.2 Å². The minimum Gasteiger partial charge on any atom is -0.391 e. The average Bonchev–Trinajstić information content (AvgIpc) is 3.30. The van der Waals surface area contributed by atoms with Gasteiger partial charge in [-0.15, -0.1) is 0 Å². The minimum atomic E-state index is -0.414. The highest BCUT2D eigenvalue weighted by molar-refractivity contribution is 5.98. The van der Waals surface area contributed by atoms with Gasteiger partial charge in [-0.2, -0.15) is 0 Å². The molecule has 6 heteroatoms. The number of hydrogen-bond donors (Lipinski definition) is 2. The average molecular weight is 445 g/mol. The predicted octanol–water partition coefficient (Wildman–Crippen LogP) is 3.68. The lowest BCUT2D eigenvalue weighted by molar-refractivity contribution is 0.0629. The number of aliphatic hydroxyl groups is 1. The number of amides is 1. The van der Waals surface area contributed by atoms with Gasteiger partial charge in [0.15, 0.2) is 5.69 Å². The van der Waals surface area contributed by atoms with Gasteiger partial charge in [-0.1, -0.05) is 73.5 Å². The summed E-state index contributed by atoms with van der Waals surface area (Å²) in [6.45, 7) is 2.20. The van der Waals surface area contributed by atoms with Crippen LogP contribution in [0.2, 0.25) is 0 Å². The molecule has 2 N–H and O–H groups in total. The highest BCUT2D eigenvalue weighted by Crippen LogP contribution is 2.35. The number of rotatable bonds is 5. The van der Waals surface area contributed by atoms with Gasteiger partial charge in [-0.05, 0) is 24.8 Å². The molecule has 1 aliphatic heterocycles.